The molecule has 2 aromatic rings. The number of aliphatic imine (C=N–C) groups is 1. The first kappa shape index (κ1) is 22.3. The second-order valence-corrected chi connectivity index (χ2v) is 7.06. The smallest absolute Gasteiger partial charge is 0.417 e. The molecule has 1 unspecified atom stereocenters. The van der Waals surface area contributed by atoms with Gasteiger partial charge in [-0.25, -0.2) is 0 Å². The first-order valence-electron chi connectivity index (χ1n) is 9.45. The van der Waals surface area contributed by atoms with E-state index in [4.69, 9.17) is 16.3 Å². The van der Waals surface area contributed by atoms with Gasteiger partial charge in [0.2, 0.25) is 0 Å². The lowest BCUT2D eigenvalue weighted by atomic mass is 10.1. The Hall–Kier alpha value is -2.01. The van der Waals surface area contributed by atoms with Gasteiger partial charge in [0.25, 0.3) is 0 Å². The third-order valence-corrected chi connectivity index (χ3v) is 4.75. The second-order valence-electron chi connectivity index (χ2n) is 6.65. The van der Waals surface area contributed by atoms with E-state index < -0.39 is 11.7 Å². The summed E-state index contributed by atoms with van der Waals surface area (Å²) in [5.74, 6) is 0.582. The zero-order valence-electron chi connectivity index (χ0n) is 16.1. The Morgan fingerprint density at radius 1 is 1.11 bits per heavy atom. The lowest BCUT2D eigenvalue weighted by Crippen LogP contribution is -2.07. The maximum absolute atomic E-state index is 12.9. The summed E-state index contributed by atoms with van der Waals surface area (Å²) >= 11 is 5.63. The number of alkyl halides is 3. The topological polar surface area (TPSA) is 21.6 Å². The molecule has 2 nitrogen and oxygen atoms in total. The Balaban J connectivity index is 1.96. The second kappa shape index (κ2) is 10.5. The van der Waals surface area contributed by atoms with Gasteiger partial charge >= 0.3 is 6.18 Å². The van der Waals surface area contributed by atoms with Gasteiger partial charge in [-0.1, -0.05) is 44.4 Å². The summed E-state index contributed by atoms with van der Waals surface area (Å²) in [6.45, 7) is 4.33. The van der Waals surface area contributed by atoms with E-state index in [0.29, 0.717) is 17.4 Å². The highest BCUT2D eigenvalue weighted by molar-refractivity contribution is 6.31. The van der Waals surface area contributed by atoms with Gasteiger partial charge in [0.05, 0.1) is 10.6 Å². The van der Waals surface area contributed by atoms with Crippen LogP contribution in [0.5, 0.6) is 5.75 Å². The van der Waals surface area contributed by atoms with E-state index in [-0.39, 0.29) is 11.6 Å². The first-order valence-corrected chi connectivity index (χ1v) is 9.83. The van der Waals surface area contributed by atoms with Crippen LogP contribution >= 0.6 is 11.6 Å². The zero-order chi connectivity index (χ0) is 20.6. The molecular weight excluding hydrogens is 387 g/mol. The molecule has 28 heavy (non-hydrogen) atoms. The van der Waals surface area contributed by atoms with Crippen LogP contribution in [0.1, 0.15) is 56.2 Å². The molecule has 0 aliphatic heterocycles. The fourth-order valence-corrected chi connectivity index (χ4v) is 2.94. The molecule has 0 aromatic heterocycles. The highest BCUT2D eigenvalue weighted by Gasteiger charge is 2.33. The molecule has 0 bridgehead atoms. The molecule has 0 aliphatic carbocycles. The molecule has 2 aromatic carbocycles. The minimum Gasteiger partial charge on any atom is -0.489 e. The summed E-state index contributed by atoms with van der Waals surface area (Å²) in [6.07, 6.45) is 1.81. The molecule has 0 saturated carbocycles. The van der Waals surface area contributed by atoms with Crippen molar-refractivity contribution in [3.63, 3.8) is 0 Å². The summed E-state index contributed by atoms with van der Waals surface area (Å²) in [7, 11) is 0. The molecular formula is C22H25ClF3NO. The number of halogens is 4. The van der Waals surface area contributed by atoms with Gasteiger partial charge < -0.3 is 4.74 Å². The lowest BCUT2D eigenvalue weighted by molar-refractivity contribution is -0.137. The quantitative estimate of drug-likeness (QED) is 0.396. The number of rotatable bonds is 9. The molecule has 0 amide bonds. The number of unbranched alkanes of at least 4 members (excludes halogenated alkanes) is 1. The van der Waals surface area contributed by atoms with Crippen molar-refractivity contribution >= 4 is 17.8 Å². The van der Waals surface area contributed by atoms with Gasteiger partial charge in [0.1, 0.15) is 12.4 Å². The van der Waals surface area contributed by atoms with E-state index in [2.05, 4.69) is 18.8 Å². The Labute approximate surface area is 169 Å². The highest BCUT2D eigenvalue weighted by Crippen LogP contribution is 2.35. The van der Waals surface area contributed by atoms with Crippen LogP contribution in [0.2, 0.25) is 5.02 Å². The summed E-state index contributed by atoms with van der Waals surface area (Å²) < 4.78 is 44.4. The Morgan fingerprint density at radius 3 is 2.43 bits per heavy atom. The minimum absolute atomic E-state index is 0.0304. The van der Waals surface area contributed by atoms with Crippen molar-refractivity contribution in [1.82, 2.24) is 0 Å². The molecule has 0 aliphatic rings. The Morgan fingerprint density at radius 2 is 1.82 bits per heavy atom. The molecule has 2 rings (SSSR count). The van der Waals surface area contributed by atoms with Gasteiger partial charge in [-0.15, -0.1) is 0 Å². The number of hydrogen-bond acceptors (Lipinski definition) is 2. The van der Waals surface area contributed by atoms with Crippen LogP contribution in [0, 0.1) is 0 Å². The van der Waals surface area contributed by atoms with E-state index in [1.165, 1.54) is 18.6 Å². The van der Waals surface area contributed by atoms with E-state index in [9.17, 15) is 13.2 Å². The van der Waals surface area contributed by atoms with E-state index in [1.807, 2.05) is 18.3 Å². The normalized spacial score (nSPS) is 13.1. The largest absolute Gasteiger partial charge is 0.489 e. The molecule has 152 valence electrons. The van der Waals surface area contributed by atoms with Gasteiger partial charge in [0, 0.05) is 12.3 Å². The summed E-state index contributed by atoms with van der Waals surface area (Å²) in [6, 6.07) is 11.5. The van der Waals surface area contributed by atoms with E-state index in [1.54, 1.807) is 12.1 Å². The predicted molar refractivity (Wildman–Crippen MR) is 108 cm³/mol. The molecule has 0 N–H and O–H groups in total. The Bertz CT molecular complexity index is 772. The number of ether oxygens (including phenoxy) is 1. The molecule has 1 atom stereocenters. The van der Waals surface area contributed by atoms with E-state index in [0.717, 1.165) is 30.9 Å². The maximum Gasteiger partial charge on any atom is 0.417 e. The Kier molecular flexibility index (Phi) is 8.36. The van der Waals surface area contributed by atoms with Crippen molar-refractivity contribution in [3.05, 3.63) is 64.2 Å². The number of benzene rings is 2. The van der Waals surface area contributed by atoms with Gasteiger partial charge in [-0.2, -0.15) is 13.2 Å². The minimum atomic E-state index is -4.48. The lowest BCUT2D eigenvalue weighted by Gasteiger charge is -2.12. The highest BCUT2D eigenvalue weighted by atomic mass is 35.5. The SMILES string of the molecule is CCCCC(CC)N=Cc1ccc(OCc2ccc(Cl)c(C(F)(F)F)c2)cc1. The van der Waals surface area contributed by atoms with Crippen LogP contribution in [0.15, 0.2) is 47.5 Å². The van der Waals surface area contributed by atoms with Crippen molar-refractivity contribution in [2.75, 3.05) is 0 Å². The molecule has 0 saturated heterocycles. The first-order chi connectivity index (χ1) is 13.3. The number of hydrogen-bond donors (Lipinski definition) is 0. The van der Waals surface area contributed by atoms with Gasteiger partial charge in [-0.3, -0.25) is 4.99 Å². The zero-order valence-corrected chi connectivity index (χ0v) is 16.9. The summed E-state index contributed by atoms with van der Waals surface area (Å²) in [5, 5.41) is -0.316. The van der Waals surface area contributed by atoms with Crippen LogP contribution in [0.3, 0.4) is 0 Å². The van der Waals surface area contributed by atoms with Crippen LogP contribution in [0.4, 0.5) is 13.2 Å². The molecule has 0 heterocycles. The van der Waals surface area contributed by atoms with Crippen molar-refractivity contribution in [2.45, 2.75) is 58.4 Å². The fourth-order valence-electron chi connectivity index (χ4n) is 2.71. The summed E-state index contributed by atoms with van der Waals surface area (Å²) in [4.78, 5) is 4.63. The number of nitrogens with zero attached hydrogens (tertiary/aromatic N) is 1. The van der Waals surface area contributed by atoms with Gasteiger partial charge in [-0.05, 0) is 60.4 Å². The molecule has 0 fully saturated rings. The standard InChI is InChI=1S/C22H25ClF3NO/c1-3-5-6-18(4-2)27-14-16-7-10-19(11-8-16)28-15-17-9-12-21(23)20(13-17)22(24,25)26/h7-14,18H,3-6,15H2,1-2H3. The third-order valence-electron chi connectivity index (χ3n) is 4.42. The monoisotopic (exact) mass is 411 g/mol. The van der Waals surface area contributed by atoms with Crippen LogP contribution < -0.4 is 4.74 Å². The molecule has 6 heteroatoms. The van der Waals surface area contributed by atoms with Crippen molar-refractivity contribution in [1.29, 1.82) is 0 Å². The van der Waals surface area contributed by atoms with Crippen molar-refractivity contribution in [3.8, 4) is 5.75 Å². The molecule has 0 radical (unpaired) electrons. The fraction of sp³-hybridized carbons (Fsp3) is 0.409. The third kappa shape index (κ3) is 6.86. The predicted octanol–water partition coefficient (Wildman–Crippen LogP) is 7.33. The van der Waals surface area contributed by atoms with Crippen LogP contribution in [-0.4, -0.2) is 12.3 Å². The van der Waals surface area contributed by atoms with Crippen LogP contribution in [0.25, 0.3) is 0 Å². The van der Waals surface area contributed by atoms with Crippen molar-refractivity contribution < 1.29 is 17.9 Å². The van der Waals surface area contributed by atoms with E-state index >= 15 is 0 Å². The summed E-state index contributed by atoms with van der Waals surface area (Å²) in [5.41, 5.74) is 0.521. The van der Waals surface area contributed by atoms with Gasteiger partial charge in [0.15, 0.2) is 0 Å². The van der Waals surface area contributed by atoms with Crippen LogP contribution in [-0.2, 0) is 12.8 Å². The maximum atomic E-state index is 12.9. The average Bonchev–Trinajstić information content (AvgIpc) is 2.67. The average molecular weight is 412 g/mol. The molecule has 0 spiro atoms. The van der Waals surface area contributed by atoms with Crippen molar-refractivity contribution in [2.24, 2.45) is 4.99 Å².